The number of nitrogens with one attached hydrogen (secondary N) is 2. The summed E-state index contributed by atoms with van der Waals surface area (Å²) in [5, 5.41) is 5.49. The number of nitrogens with zero attached hydrogens (tertiary/aromatic N) is 2. The first-order valence-corrected chi connectivity index (χ1v) is 4.38. The maximum Gasteiger partial charge on any atom is 0.224 e. The molecule has 0 radical (unpaired) electrons. The Kier molecular flexibility index (Phi) is 3.39. The van der Waals surface area contributed by atoms with Crippen molar-refractivity contribution in [3.05, 3.63) is 17.6 Å². The van der Waals surface area contributed by atoms with Gasteiger partial charge >= 0.3 is 0 Å². The number of aromatic nitrogens is 2. The topological polar surface area (TPSA) is 66.9 Å². The molecule has 0 aliphatic carbocycles. The zero-order chi connectivity index (χ0) is 10.6. The van der Waals surface area contributed by atoms with E-state index >= 15 is 0 Å². The smallest absolute Gasteiger partial charge is 0.224 e. The van der Waals surface area contributed by atoms with Gasteiger partial charge in [-0.05, 0) is 6.92 Å². The van der Waals surface area contributed by atoms with Gasteiger partial charge in [0.2, 0.25) is 5.91 Å². The molecule has 5 heteroatoms. The van der Waals surface area contributed by atoms with Gasteiger partial charge in [0.1, 0.15) is 11.6 Å². The molecular formula is C9H14N4O. The Morgan fingerprint density at radius 3 is 2.79 bits per heavy atom. The minimum atomic E-state index is -0.0473. The molecule has 1 amide bonds. The van der Waals surface area contributed by atoms with Gasteiger partial charge in [-0.25, -0.2) is 9.97 Å². The van der Waals surface area contributed by atoms with Crippen LogP contribution >= 0.6 is 0 Å². The third kappa shape index (κ3) is 2.42. The second-order valence-corrected chi connectivity index (χ2v) is 2.89. The van der Waals surface area contributed by atoms with E-state index in [4.69, 9.17) is 0 Å². The van der Waals surface area contributed by atoms with E-state index in [0.29, 0.717) is 18.1 Å². The molecule has 0 saturated heterocycles. The van der Waals surface area contributed by atoms with Crippen LogP contribution in [0.2, 0.25) is 0 Å². The lowest BCUT2D eigenvalue weighted by Gasteiger charge is -2.07. The van der Waals surface area contributed by atoms with Gasteiger partial charge in [-0.3, -0.25) is 4.79 Å². The Morgan fingerprint density at radius 1 is 1.50 bits per heavy atom. The van der Waals surface area contributed by atoms with Crippen LogP contribution in [0.1, 0.15) is 11.4 Å². The quantitative estimate of drug-likeness (QED) is 0.717. The third-order valence-electron chi connectivity index (χ3n) is 1.85. The predicted molar refractivity (Wildman–Crippen MR) is 54.1 cm³/mol. The number of amides is 1. The summed E-state index contributed by atoms with van der Waals surface area (Å²) in [5.74, 6) is 1.35. The first-order valence-electron chi connectivity index (χ1n) is 4.38. The average molecular weight is 194 g/mol. The highest BCUT2D eigenvalue weighted by molar-refractivity contribution is 5.79. The molecule has 1 rings (SSSR count). The Balaban J connectivity index is 2.90. The van der Waals surface area contributed by atoms with Crippen molar-refractivity contribution in [1.29, 1.82) is 0 Å². The molecular weight excluding hydrogens is 180 g/mol. The van der Waals surface area contributed by atoms with Gasteiger partial charge in [-0.2, -0.15) is 0 Å². The van der Waals surface area contributed by atoms with Gasteiger partial charge in [0, 0.05) is 25.9 Å². The zero-order valence-electron chi connectivity index (χ0n) is 8.59. The zero-order valence-corrected chi connectivity index (χ0v) is 8.59. The number of carbonyl (C=O) groups is 1. The molecule has 14 heavy (non-hydrogen) atoms. The molecule has 5 nitrogen and oxygen atoms in total. The minimum Gasteiger partial charge on any atom is -0.373 e. The van der Waals surface area contributed by atoms with Crippen molar-refractivity contribution >= 4 is 11.7 Å². The fourth-order valence-corrected chi connectivity index (χ4v) is 1.10. The second kappa shape index (κ2) is 4.55. The molecule has 2 N–H and O–H groups in total. The van der Waals surface area contributed by atoms with Gasteiger partial charge in [0.05, 0.1) is 6.42 Å². The second-order valence-electron chi connectivity index (χ2n) is 2.89. The summed E-state index contributed by atoms with van der Waals surface area (Å²) in [4.78, 5) is 19.4. The van der Waals surface area contributed by atoms with E-state index < -0.39 is 0 Å². The lowest BCUT2D eigenvalue weighted by Crippen LogP contribution is -2.21. The Bertz CT molecular complexity index is 338. The van der Waals surface area contributed by atoms with E-state index in [1.54, 1.807) is 20.3 Å². The number of aryl methyl sites for hydroxylation is 1. The maximum absolute atomic E-state index is 11.1. The van der Waals surface area contributed by atoms with Crippen molar-refractivity contribution in [3.63, 3.8) is 0 Å². The van der Waals surface area contributed by atoms with Crippen LogP contribution in [0.25, 0.3) is 0 Å². The van der Waals surface area contributed by atoms with Gasteiger partial charge in [-0.1, -0.05) is 0 Å². The standard InChI is InChI=1S/C9H14N4O/c1-6-12-5-7(4-8(14)10-2)9(11-3)13-6/h5H,4H2,1-3H3,(H,10,14)(H,11,12,13). The molecule has 0 saturated carbocycles. The van der Waals surface area contributed by atoms with E-state index in [-0.39, 0.29) is 5.91 Å². The van der Waals surface area contributed by atoms with Gasteiger partial charge in [-0.15, -0.1) is 0 Å². The number of hydrogen-bond acceptors (Lipinski definition) is 4. The van der Waals surface area contributed by atoms with E-state index in [2.05, 4.69) is 20.6 Å². The van der Waals surface area contributed by atoms with Crippen molar-refractivity contribution in [1.82, 2.24) is 15.3 Å². The number of rotatable bonds is 3. The minimum absolute atomic E-state index is 0.0473. The average Bonchev–Trinajstić information content (AvgIpc) is 2.20. The highest BCUT2D eigenvalue weighted by atomic mass is 16.1. The van der Waals surface area contributed by atoms with Crippen LogP contribution in [0.4, 0.5) is 5.82 Å². The van der Waals surface area contributed by atoms with Crippen LogP contribution in [-0.4, -0.2) is 30.0 Å². The Morgan fingerprint density at radius 2 is 2.21 bits per heavy atom. The summed E-state index contributed by atoms with van der Waals surface area (Å²) >= 11 is 0. The summed E-state index contributed by atoms with van der Waals surface area (Å²) in [6.07, 6.45) is 1.97. The number of hydrogen-bond donors (Lipinski definition) is 2. The molecule has 0 aliphatic heterocycles. The van der Waals surface area contributed by atoms with Crippen LogP contribution in [0.3, 0.4) is 0 Å². The molecule has 1 aromatic heterocycles. The van der Waals surface area contributed by atoms with Crippen LogP contribution < -0.4 is 10.6 Å². The largest absolute Gasteiger partial charge is 0.373 e. The molecule has 0 fully saturated rings. The predicted octanol–water partition coefficient (Wildman–Crippen LogP) is 0.115. The fourth-order valence-electron chi connectivity index (χ4n) is 1.10. The maximum atomic E-state index is 11.1. The van der Waals surface area contributed by atoms with E-state index in [1.807, 2.05) is 6.92 Å². The van der Waals surface area contributed by atoms with Crippen molar-refractivity contribution in [2.75, 3.05) is 19.4 Å². The molecule has 0 aliphatic rings. The highest BCUT2D eigenvalue weighted by Gasteiger charge is 2.07. The highest BCUT2D eigenvalue weighted by Crippen LogP contribution is 2.10. The van der Waals surface area contributed by atoms with Crippen LogP contribution in [0.15, 0.2) is 6.20 Å². The monoisotopic (exact) mass is 194 g/mol. The molecule has 0 spiro atoms. The fraction of sp³-hybridized carbons (Fsp3) is 0.444. The van der Waals surface area contributed by atoms with Crippen molar-refractivity contribution < 1.29 is 4.79 Å². The summed E-state index contributed by atoms with van der Waals surface area (Å²) in [6, 6.07) is 0. The lowest BCUT2D eigenvalue weighted by molar-refractivity contribution is -0.119. The van der Waals surface area contributed by atoms with Crippen molar-refractivity contribution in [2.24, 2.45) is 0 Å². The third-order valence-corrected chi connectivity index (χ3v) is 1.85. The van der Waals surface area contributed by atoms with Crippen molar-refractivity contribution in [2.45, 2.75) is 13.3 Å². The summed E-state index contributed by atoms with van der Waals surface area (Å²) < 4.78 is 0. The molecule has 76 valence electrons. The molecule has 1 aromatic rings. The number of anilines is 1. The molecule has 1 heterocycles. The molecule has 0 atom stereocenters. The molecule has 0 aromatic carbocycles. The van der Waals surface area contributed by atoms with Gasteiger partial charge in [0.15, 0.2) is 0 Å². The summed E-state index contributed by atoms with van der Waals surface area (Å²) in [7, 11) is 3.38. The lowest BCUT2D eigenvalue weighted by atomic mass is 10.2. The van der Waals surface area contributed by atoms with Crippen LogP contribution in [0, 0.1) is 6.92 Å². The first-order chi connectivity index (χ1) is 6.67. The first kappa shape index (κ1) is 10.4. The SMILES string of the molecule is CNC(=O)Cc1cnc(C)nc1NC. The molecule has 0 bridgehead atoms. The van der Waals surface area contributed by atoms with E-state index in [9.17, 15) is 4.79 Å². The van der Waals surface area contributed by atoms with Crippen molar-refractivity contribution in [3.8, 4) is 0 Å². The Labute approximate surface area is 83.0 Å². The van der Waals surface area contributed by atoms with E-state index in [0.717, 1.165) is 5.56 Å². The normalized spacial score (nSPS) is 9.64. The van der Waals surface area contributed by atoms with Crippen LogP contribution in [-0.2, 0) is 11.2 Å². The molecule has 0 unspecified atom stereocenters. The summed E-state index contributed by atoms with van der Waals surface area (Å²) in [5.41, 5.74) is 0.803. The summed E-state index contributed by atoms with van der Waals surface area (Å²) in [6.45, 7) is 1.81. The van der Waals surface area contributed by atoms with E-state index in [1.165, 1.54) is 0 Å². The van der Waals surface area contributed by atoms with Gasteiger partial charge < -0.3 is 10.6 Å². The van der Waals surface area contributed by atoms with Gasteiger partial charge in [0.25, 0.3) is 0 Å². The Hall–Kier alpha value is -1.65. The number of carbonyl (C=O) groups excluding carboxylic acids is 1. The van der Waals surface area contributed by atoms with Crippen LogP contribution in [0.5, 0.6) is 0 Å². The number of likely N-dealkylation sites (N-methyl/N-ethyl adjacent to an activating group) is 1.